The number of nitrogens with one attached hydrogen (secondary N) is 2. The van der Waals surface area contributed by atoms with Gasteiger partial charge in [-0.3, -0.25) is 19.2 Å². The van der Waals surface area contributed by atoms with Crippen LogP contribution >= 0.6 is 11.8 Å². The molecular weight excluding hydrogens is 496 g/mol. The number of nitrogens with zero attached hydrogens (tertiary/aromatic N) is 2. The quantitative estimate of drug-likeness (QED) is 0.387. The van der Waals surface area contributed by atoms with E-state index in [0.717, 1.165) is 31.1 Å². The van der Waals surface area contributed by atoms with E-state index in [1.165, 1.54) is 0 Å². The number of rotatable bonds is 8. The Morgan fingerprint density at radius 2 is 1.65 bits per heavy atom. The van der Waals surface area contributed by atoms with Crippen molar-refractivity contribution in [2.24, 2.45) is 0 Å². The van der Waals surface area contributed by atoms with Gasteiger partial charge in [0.1, 0.15) is 0 Å². The van der Waals surface area contributed by atoms with Crippen LogP contribution in [0.3, 0.4) is 0 Å². The molecule has 3 aliphatic heterocycles. The average Bonchev–Trinajstić information content (AvgIpc) is 3.46. The number of allylic oxidation sites excluding steroid dienone is 2. The number of fused-ring (bicyclic) bond motifs is 2. The standard InChI is InChI=1S/C26H30N4O6S/c31-19-13-20(25(34)17-6-2-1-5-16(17)19)36-14-23(33)30-11-9-29(10-12-30)22(32)8-4-3-7-21-24-18(15-37-21)27-26(35)28-24/h1-2,5-6,13,18,21,24H,3-4,7-12,14-15H2,(H2,27,28,35). The summed E-state index contributed by atoms with van der Waals surface area (Å²) in [6.07, 6.45) is 4.31. The lowest BCUT2D eigenvalue weighted by Crippen LogP contribution is -2.51. The second-order valence-electron chi connectivity index (χ2n) is 9.67. The third-order valence-electron chi connectivity index (χ3n) is 7.33. The summed E-state index contributed by atoms with van der Waals surface area (Å²) in [5.41, 5.74) is 0.607. The van der Waals surface area contributed by atoms with Gasteiger partial charge < -0.3 is 25.2 Å². The number of unbranched alkanes of at least 4 members (excludes halogenated alkanes) is 1. The zero-order valence-electron chi connectivity index (χ0n) is 20.4. The fraction of sp³-hybridized carbons (Fsp3) is 0.500. The molecule has 1 aromatic carbocycles. The Hall–Kier alpha value is -3.34. The van der Waals surface area contributed by atoms with Crippen molar-refractivity contribution >= 4 is 41.2 Å². The molecule has 4 aliphatic rings. The van der Waals surface area contributed by atoms with Crippen LogP contribution in [0.4, 0.5) is 4.79 Å². The number of amides is 4. The first-order chi connectivity index (χ1) is 17.9. The van der Waals surface area contributed by atoms with E-state index in [9.17, 15) is 24.0 Å². The lowest BCUT2D eigenvalue weighted by atomic mass is 9.94. The highest BCUT2D eigenvalue weighted by atomic mass is 32.2. The van der Waals surface area contributed by atoms with Gasteiger partial charge in [0.15, 0.2) is 18.1 Å². The largest absolute Gasteiger partial charge is 0.479 e. The summed E-state index contributed by atoms with van der Waals surface area (Å²) in [6.45, 7) is 1.38. The number of hydrogen-bond acceptors (Lipinski definition) is 7. The molecule has 3 unspecified atom stereocenters. The van der Waals surface area contributed by atoms with Crippen LogP contribution in [0.25, 0.3) is 0 Å². The molecule has 3 fully saturated rings. The lowest BCUT2D eigenvalue weighted by molar-refractivity contribution is -0.141. The van der Waals surface area contributed by atoms with Crippen LogP contribution in [0.15, 0.2) is 36.1 Å². The zero-order valence-corrected chi connectivity index (χ0v) is 21.3. The molecule has 1 aromatic rings. The number of ether oxygens (including phenoxy) is 1. The number of benzene rings is 1. The van der Waals surface area contributed by atoms with Gasteiger partial charge in [-0.05, 0) is 12.8 Å². The minimum absolute atomic E-state index is 0.0832. The Morgan fingerprint density at radius 1 is 0.946 bits per heavy atom. The van der Waals surface area contributed by atoms with Crippen molar-refractivity contribution in [3.8, 4) is 0 Å². The highest BCUT2D eigenvalue weighted by molar-refractivity contribution is 8.00. The van der Waals surface area contributed by atoms with Crippen molar-refractivity contribution in [2.45, 2.75) is 43.0 Å². The third-order valence-corrected chi connectivity index (χ3v) is 8.84. The Labute approximate surface area is 219 Å². The van der Waals surface area contributed by atoms with Crippen molar-refractivity contribution in [2.75, 3.05) is 38.5 Å². The van der Waals surface area contributed by atoms with Gasteiger partial charge in [0, 0.05) is 60.8 Å². The molecule has 3 saturated heterocycles. The molecule has 0 saturated carbocycles. The van der Waals surface area contributed by atoms with Gasteiger partial charge in [-0.2, -0.15) is 11.8 Å². The first kappa shape index (κ1) is 25.3. The van der Waals surface area contributed by atoms with E-state index in [0.29, 0.717) is 43.4 Å². The summed E-state index contributed by atoms with van der Waals surface area (Å²) < 4.78 is 5.44. The van der Waals surface area contributed by atoms with Gasteiger partial charge in [0.05, 0.1) is 12.1 Å². The Balaban J connectivity index is 1.00. The number of urea groups is 1. The topological polar surface area (TPSA) is 125 Å². The van der Waals surface area contributed by atoms with E-state index in [1.54, 1.807) is 34.1 Å². The number of carbonyl (C=O) groups is 5. The van der Waals surface area contributed by atoms with E-state index < -0.39 is 5.78 Å². The van der Waals surface area contributed by atoms with Crippen LogP contribution in [0.1, 0.15) is 46.4 Å². The number of ketones is 2. The first-order valence-corrected chi connectivity index (χ1v) is 13.7. The summed E-state index contributed by atoms with van der Waals surface area (Å²) in [6, 6.07) is 6.85. The smallest absolute Gasteiger partial charge is 0.315 e. The maximum atomic E-state index is 12.6. The van der Waals surface area contributed by atoms with Gasteiger partial charge in [0.2, 0.25) is 11.7 Å². The molecule has 11 heteroatoms. The number of hydrogen-bond donors (Lipinski definition) is 2. The average molecular weight is 527 g/mol. The van der Waals surface area contributed by atoms with Crippen LogP contribution in [0.2, 0.25) is 0 Å². The Kier molecular flexibility index (Phi) is 7.50. The summed E-state index contributed by atoms with van der Waals surface area (Å²) >= 11 is 1.88. The van der Waals surface area contributed by atoms with E-state index in [1.807, 2.05) is 11.8 Å². The monoisotopic (exact) mass is 526 g/mol. The maximum absolute atomic E-state index is 12.6. The second kappa shape index (κ2) is 11.0. The van der Waals surface area contributed by atoms with E-state index in [-0.39, 0.29) is 53.6 Å². The summed E-state index contributed by atoms with van der Waals surface area (Å²) in [4.78, 5) is 65.0. The molecule has 5 rings (SSSR count). The van der Waals surface area contributed by atoms with Crippen LogP contribution in [0, 0.1) is 0 Å². The zero-order chi connectivity index (χ0) is 25.9. The molecular formula is C26H30N4O6S. The number of Topliss-reactive ketones (excluding diaryl/α,β-unsaturated/α-hetero) is 1. The van der Waals surface area contributed by atoms with Crippen molar-refractivity contribution in [3.63, 3.8) is 0 Å². The molecule has 2 N–H and O–H groups in total. The normalized spacial score (nSPS) is 24.7. The maximum Gasteiger partial charge on any atom is 0.315 e. The van der Waals surface area contributed by atoms with Gasteiger partial charge in [-0.15, -0.1) is 0 Å². The highest BCUT2D eigenvalue weighted by Gasteiger charge is 2.42. The van der Waals surface area contributed by atoms with Crippen LogP contribution in [-0.2, 0) is 14.3 Å². The minimum Gasteiger partial charge on any atom is -0.479 e. The lowest BCUT2D eigenvalue weighted by Gasteiger charge is -2.35. The molecule has 1 aliphatic carbocycles. The van der Waals surface area contributed by atoms with Crippen molar-refractivity contribution < 1.29 is 28.7 Å². The van der Waals surface area contributed by atoms with Gasteiger partial charge in [0.25, 0.3) is 5.91 Å². The van der Waals surface area contributed by atoms with Gasteiger partial charge >= 0.3 is 6.03 Å². The van der Waals surface area contributed by atoms with Gasteiger partial charge in [-0.25, -0.2) is 4.79 Å². The predicted octanol–water partition coefficient (Wildman–Crippen LogP) is 1.36. The SMILES string of the molecule is O=C1NC2CSC(CCCCC(=O)N3CCN(C(=O)COC4=CC(=O)c5ccccc5C4=O)CC3)C2N1. The first-order valence-electron chi connectivity index (χ1n) is 12.7. The molecule has 0 spiro atoms. The summed E-state index contributed by atoms with van der Waals surface area (Å²) in [5, 5.41) is 6.33. The molecule has 0 bridgehead atoms. The van der Waals surface area contributed by atoms with Crippen molar-refractivity contribution in [1.82, 2.24) is 20.4 Å². The van der Waals surface area contributed by atoms with Crippen molar-refractivity contribution in [1.29, 1.82) is 0 Å². The number of thioether (sulfide) groups is 1. The molecule has 3 heterocycles. The van der Waals surface area contributed by atoms with Crippen LogP contribution in [-0.4, -0.2) is 95.1 Å². The molecule has 0 aromatic heterocycles. The summed E-state index contributed by atoms with van der Waals surface area (Å²) in [5.74, 6) is -0.114. The minimum atomic E-state index is -0.408. The third kappa shape index (κ3) is 5.51. The molecule has 10 nitrogen and oxygen atoms in total. The van der Waals surface area contributed by atoms with Gasteiger partial charge in [-0.1, -0.05) is 30.7 Å². The molecule has 4 amide bonds. The molecule has 37 heavy (non-hydrogen) atoms. The van der Waals surface area contributed by atoms with E-state index >= 15 is 0 Å². The fourth-order valence-electron chi connectivity index (χ4n) is 5.26. The molecule has 196 valence electrons. The Morgan fingerprint density at radius 3 is 2.41 bits per heavy atom. The highest BCUT2D eigenvalue weighted by Crippen LogP contribution is 2.33. The summed E-state index contributed by atoms with van der Waals surface area (Å²) in [7, 11) is 0. The molecule has 3 atom stereocenters. The Bertz CT molecular complexity index is 1150. The fourth-order valence-corrected chi connectivity index (χ4v) is 6.80. The second-order valence-corrected chi connectivity index (χ2v) is 10.9. The number of piperazine rings is 1. The van der Waals surface area contributed by atoms with Crippen LogP contribution < -0.4 is 10.6 Å². The van der Waals surface area contributed by atoms with E-state index in [4.69, 9.17) is 4.74 Å². The van der Waals surface area contributed by atoms with Crippen molar-refractivity contribution in [3.05, 3.63) is 47.2 Å². The number of carbonyl (C=O) groups excluding carboxylic acids is 5. The predicted molar refractivity (Wildman–Crippen MR) is 136 cm³/mol. The molecule has 0 radical (unpaired) electrons. The van der Waals surface area contributed by atoms with Crippen LogP contribution in [0.5, 0.6) is 0 Å². The van der Waals surface area contributed by atoms with E-state index in [2.05, 4.69) is 10.6 Å².